The number of nitrogens with two attached hydrogens (primary N) is 1. The normalized spacial score (nSPS) is 17.2. The lowest BCUT2D eigenvalue weighted by Gasteiger charge is -2.07. The van der Waals surface area contributed by atoms with Crippen LogP contribution in [0.5, 0.6) is 0 Å². The van der Waals surface area contributed by atoms with E-state index in [0.717, 1.165) is 5.03 Å². The highest BCUT2D eigenvalue weighted by molar-refractivity contribution is 8.22. The number of thiol groups is 1. The van der Waals surface area contributed by atoms with Gasteiger partial charge in [-0.1, -0.05) is 12.2 Å². The van der Waals surface area contributed by atoms with E-state index in [2.05, 4.69) is 20.8 Å². The summed E-state index contributed by atoms with van der Waals surface area (Å²) < 4.78 is 0. The van der Waals surface area contributed by atoms with Crippen LogP contribution < -0.4 is 5.73 Å². The lowest BCUT2D eigenvalue weighted by molar-refractivity contribution is 1.07. The first-order chi connectivity index (χ1) is 5.86. The molecule has 0 fully saturated rings. The van der Waals surface area contributed by atoms with Crippen LogP contribution in [0, 0.1) is 0 Å². The molecule has 2 heterocycles. The Kier molecular flexibility index (Phi) is 1.83. The SMILES string of the molecule is Nc1nccc([SH]2C=CC=C2)n1. The van der Waals surface area contributed by atoms with Crippen molar-refractivity contribution in [2.24, 2.45) is 0 Å². The van der Waals surface area contributed by atoms with Crippen LogP contribution in [0.4, 0.5) is 5.95 Å². The molecule has 2 rings (SSSR count). The van der Waals surface area contributed by atoms with Gasteiger partial charge in [-0.25, -0.2) is 9.97 Å². The summed E-state index contributed by atoms with van der Waals surface area (Å²) >= 11 is 0. The van der Waals surface area contributed by atoms with E-state index in [0.29, 0.717) is 5.95 Å². The Morgan fingerprint density at radius 2 is 2.00 bits per heavy atom. The molecule has 0 aliphatic carbocycles. The number of aromatic nitrogens is 2. The van der Waals surface area contributed by atoms with Gasteiger partial charge in [0.25, 0.3) is 0 Å². The van der Waals surface area contributed by atoms with Gasteiger partial charge in [-0.3, -0.25) is 0 Å². The van der Waals surface area contributed by atoms with Crippen molar-refractivity contribution in [3.05, 3.63) is 35.2 Å². The topological polar surface area (TPSA) is 51.8 Å². The number of hydrogen-bond acceptors (Lipinski definition) is 3. The zero-order chi connectivity index (χ0) is 8.39. The average molecular weight is 179 g/mol. The van der Waals surface area contributed by atoms with Crippen molar-refractivity contribution in [1.29, 1.82) is 0 Å². The van der Waals surface area contributed by atoms with Gasteiger partial charge in [0.05, 0.1) is 5.03 Å². The fourth-order valence-corrected chi connectivity index (χ4v) is 2.43. The Bertz CT molecular complexity index is 334. The van der Waals surface area contributed by atoms with E-state index >= 15 is 0 Å². The summed E-state index contributed by atoms with van der Waals surface area (Å²) in [6.07, 6.45) is 5.76. The van der Waals surface area contributed by atoms with Gasteiger partial charge in [-0.2, -0.15) is 10.9 Å². The highest BCUT2D eigenvalue weighted by Crippen LogP contribution is 2.40. The molecule has 1 aliphatic rings. The lowest BCUT2D eigenvalue weighted by atomic mass is 10.6. The second-order valence-corrected chi connectivity index (χ2v) is 4.23. The van der Waals surface area contributed by atoms with Crippen molar-refractivity contribution < 1.29 is 0 Å². The molecule has 0 atom stereocenters. The standard InChI is InChI=1S/C8H9N3S/c9-8-10-4-3-7(11-8)12-5-1-2-6-12/h1-6,12H,(H2,9,10,11). The highest BCUT2D eigenvalue weighted by atomic mass is 32.2. The smallest absolute Gasteiger partial charge is 0.220 e. The van der Waals surface area contributed by atoms with E-state index in [4.69, 9.17) is 5.73 Å². The molecule has 0 radical (unpaired) electrons. The van der Waals surface area contributed by atoms with Crippen LogP contribution in [0.25, 0.3) is 0 Å². The molecular weight excluding hydrogens is 170 g/mol. The molecule has 4 heteroatoms. The summed E-state index contributed by atoms with van der Waals surface area (Å²) in [5.74, 6) is 0.351. The van der Waals surface area contributed by atoms with Gasteiger partial charge >= 0.3 is 0 Å². The van der Waals surface area contributed by atoms with Gasteiger partial charge in [-0.05, 0) is 16.9 Å². The first kappa shape index (κ1) is 7.36. The summed E-state index contributed by atoms with van der Waals surface area (Å²) in [5, 5.41) is 5.29. The van der Waals surface area contributed by atoms with E-state index < -0.39 is 0 Å². The highest BCUT2D eigenvalue weighted by Gasteiger charge is 2.03. The predicted molar refractivity (Wildman–Crippen MR) is 52.0 cm³/mol. The molecule has 0 saturated carbocycles. The monoisotopic (exact) mass is 179 g/mol. The first-order valence-electron chi connectivity index (χ1n) is 3.58. The zero-order valence-corrected chi connectivity index (χ0v) is 7.28. The van der Waals surface area contributed by atoms with Crippen molar-refractivity contribution in [1.82, 2.24) is 9.97 Å². The van der Waals surface area contributed by atoms with Gasteiger partial charge < -0.3 is 5.73 Å². The Labute approximate surface area is 73.4 Å². The van der Waals surface area contributed by atoms with Crippen LogP contribution >= 0.6 is 10.9 Å². The minimum absolute atomic E-state index is 0.349. The molecule has 0 bridgehead atoms. The molecule has 62 valence electrons. The molecule has 0 unspecified atom stereocenters. The van der Waals surface area contributed by atoms with Crippen molar-refractivity contribution in [2.45, 2.75) is 5.03 Å². The largest absolute Gasteiger partial charge is 0.368 e. The number of allylic oxidation sites excluding steroid dienone is 2. The van der Waals surface area contributed by atoms with Crippen molar-refractivity contribution >= 4 is 16.8 Å². The number of anilines is 1. The van der Waals surface area contributed by atoms with E-state index in [-0.39, 0.29) is 10.9 Å². The third-order valence-corrected chi connectivity index (χ3v) is 3.29. The van der Waals surface area contributed by atoms with Gasteiger partial charge in [0.2, 0.25) is 5.95 Å². The Hall–Kier alpha value is -1.29. The minimum Gasteiger partial charge on any atom is -0.368 e. The Morgan fingerprint density at radius 3 is 2.67 bits per heavy atom. The Morgan fingerprint density at radius 1 is 1.25 bits per heavy atom. The maximum absolute atomic E-state index is 5.47. The van der Waals surface area contributed by atoms with Crippen molar-refractivity contribution in [2.75, 3.05) is 5.73 Å². The molecule has 0 saturated heterocycles. The molecule has 2 N–H and O–H groups in total. The summed E-state index contributed by atoms with van der Waals surface area (Å²) in [6.45, 7) is 0. The molecular formula is C8H9N3S. The van der Waals surface area contributed by atoms with E-state index in [1.165, 1.54) is 0 Å². The van der Waals surface area contributed by atoms with Crippen LogP contribution in [-0.4, -0.2) is 9.97 Å². The van der Waals surface area contributed by atoms with E-state index in [1.807, 2.05) is 18.2 Å². The number of nitrogens with zero attached hydrogens (tertiary/aromatic N) is 2. The maximum Gasteiger partial charge on any atom is 0.220 e. The number of hydrogen-bond donors (Lipinski definition) is 2. The summed E-state index contributed by atoms with van der Waals surface area (Å²) in [6, 6.07) is 1.90. The van der Waals surface area contributed by atoms with Gasteiger partial charge in [0, 0.05) is 6.20 Å². The maximum atomic E-state index is 5.47. The summed E-state index contributed by atoms with van der Waals surface area (Å²) in [7, 11) is -0.349. The molecule has 0 aromatic carbocycles. The third-order valence-electron chi connectivity index (χ3n) is 1.53. The fourth-order valence-electron chi connectivity index (χ4n) is 0.995. The Balaban J connectivity index is 2.34. The van der Waals surface area contributed by atoms with Crippen molar-refractivity contribution in [3.63, 3.8) is 0 Å². The molecule has 1 aromatic heterocycles. The summed E-state index contributed by atoms with van der Waals surface area (Å²) in [5.41, 5.74) is 5.47. The fraction of sp³-hybridized carbons (Fsp3) is 0. The second-order valence-electron chi connectivity index (χ2n) is 2.36. The molecule has 3 nitrogen and oxygen atoms in total. The second kappa shape index (κ2) is 2.98. The predicted octanol–water partition coefficient (Wildman–Crippen LogP) is 1.46. The average Bonchev–Trinajstić information content (AvgIpc) is 2.56. The minimum atomic E-state index is -0.349. The number of rotatable bonds is 1. The van der Waals surface area contributed by atoms with Gasteiger partial charge in [-0.15, -0.1) is 0 Å². The summed E-state index contributed by atoms with van der Waals surface area (Å²) in [4.78, 5) is 7.99. The molecule has 0 amide bonds. The quantitative estimate of drug-likeness (QED) is 0.507. The number of nitrogen functional groups attached to an aromatic ring is 1. The molecule has 1 aromatic rings. The van der Waals surface area contributed by atoms with Crippen LogP contribution in [-0.2, 0) is 0 Å². The molecule has 1 aliphatic heterocycles. The van der Waals surface area contributed by atoms with E-state index in [1.54, 1.807) is 6.20 Å². The molecule has 0 spiro atoms. The van der Waals surface area contributed by atoms with Crippen LogP contribution in [0.2, 0.25) is 0 Å². The van der Waals surface area contributed by atoms with Crippen LogP contribution in [0.1, 0.15) is 0 Å². The zero-order valence-electron chi connectivity index (χ0n) is 6.38. The lowest BCUT2D eigenvalue weighted by Crippen LogP contribution is -1.94. The first-order valence-corrected chi connectivity index (χ1v) is 5.06. The molecule has 12 heavy (non-hydrogen) atoms. The third kappa shape index (κ3) is 1.33. The van der Waals surface area contributed by atoms with Crippen LogP contribution in [0.3, 0.4) is 0 Å². The van der Waals surface area contributed by atoms with Crippen LogP contribution in [0.15, 0.2) is 40.3 Å². The van der Waals surface area contributed by atoms with Gasteiger partial charge in [0.1, 0.15) is 0 Å². The van der Waals surface area contributed by atoms with Gasteiger partial charge in [0.15, 0.2) is 0 Å². The van der Waals surface area contributed by atoms with E-state index in [9.17, 15) is 0 Å². The van der Waals surface area contributed by atoms with Crippen molar-refractivity contribution in [3.8, 4) is 0 Å².